The van der Waals surface area contributed by atoms with Crippen LogP contribution in [0.25, 0.3) is 0 Å². The van der Waals surface area contributed by atoms with Crippen molar-refractivity contribution < 1.29 is 9.59 Å². The van der Waals surface area contributed by atoms with Crippen molar-refractivity contribution in [3.05, 3.63) is 69.7 Å². The molecule has 0 aliphatic rings. The third-order valence-corrected chi connectivity index (χ3v) is 4.29. The van der Waals surface area contributed by atoms with E-state index in [4.69, 9.17) is 0 Å². The lowest BCUT2D eigenvalue weighted by molar-refractivity contribution is 0.0927. The zero-order valence-electron chi connectivity index (χ0n) is 14.7. The quantitative estimate of drug-likeness (QED) is 0.744. The van der Waals surface area contributed by atoms with Crippen molar-refractivity contribution in [2.75, 3.05) is 13.1 Å². The van der Waals surface area contributed by atoms with Gasteiger partial charge in [-0.05, 0) is 41.3 Å². The third kappa shape index (κ3) is 5.71. The number of benzene rings is 2. The fourth-order valence-corrected chi connectivity index (χ4v) is 2.71. The molecular weight excluding hydrogens is 380 g/mol. The molecule has 5 heteroatoms. The molecule has 0 aromatic heterocycles. The van der Waals surface area contributed by atoms with Crippen LogP contribution in [0.1, 0.15) is 47.1 Å². The average Bonchev–Trinajstić information content (AvgIpc) is 2.57. The first kappa shape index (κ1) is 19.2. The Kier molecular flexibility index (Phi) is 6.37. The van der Waals surface area contributed by atoms with Crippen molar-refractivity contribution >= 4 is 27.7 Å². The summed E-state index contributed by atoms with van der Waals surface area (Å²) in [4.78, 5) is 24.1. The van der Waals surface area contributed by atoms with Crippen molar-refractivity contribution in [2.45, 2.75) is 26.2 Å². The van der Waals surface area contributed by atoms with E-state index in [0.717, 1.165) is 4.47 Å². The maximum absolute atomic E-state index is 12.1. The number of carbonyl (C=O) groups excluding carboxylic acids is 2. The van der Waals surface area contributed by atoms with Gasteiger partial charge in [-0.2, -0.15) is 0 Å². The SMILES string of the molecule is CC(C)(C)c1ccc(C(=O)NCCNC(=O)c2cccc(Br)c2)cc1. The summed E-state index contributed by atoms with van der Waals surface area (Å²) in [6, 6.07) is 14.8. The monoisotopic (exact) mass is 402 g/mol. The average molecular weight is 403 g/mol. The standard InChI is InChI=1S/C20H23BrN2O2/c1-20(2,3)16-9-7-14(8-10-16)18(24)22-11-12-23-19(25)15-5-4-6-17(21)13-15/h4-10,13H,11-12H2,1-3H3,(H,22,24)(H,23,25). The molecule has 2 aromatic carbocycles. The van der Waals surface area contributed by atoms with Crippen molar-refractivity contribution in [2.24, 2.45) is 0 Å². The molecule has 0 atom stereocenters. The Labute approximate surface area is 157 Å². The minimum Gasteiger partial charge on any atom is -0.350 e. The van der Waals surface area contributed by atoms with E-state index >= 15 is 0 Å². The molecule has 25 heavy (non-hydrogen) atoms. The van der Waals surface area contributed by atoms with Crippen LogP contribution < -0.4 is 10.6 Å². The van der Waals surface area contributed by atoms with Crippen LogP contribution in [-0.2, 0) is 5.41 Å². The summed E-state index contributed by atoms with van der Waals surface area (Å²) < 4.78 is 0.854. The first-order valence-corrected chi connectivity index (χ1v) is 8.99. The van der Waals surface area contributed by atoms with E-state index in [1.54, 1.807) is 12.1 Å². The van der Waals surface area contributed by atoms with Crippen LogP contribution in [0.3, 0.4) is 0 Å². The minimum atomic E-state index is -0.162. The largest absolute Gasteiger partial charge is 0.350 e. The first-order chi connectivity index (χ1) is 11.8. The van der Waals surface area contributed by atoms with Crippen molar-refractivity contribution in [3.8, 4) is 0 Å². The number of rotatable bonds is 5. The molecule has 2 N–H and O–H groups in total. The van der Waals surface area contributed by atoms with Gasteiger partial charge < -0.3 is 10.6 Å². The lowest BCUT2D eigenvalue weighted by Gasteiger charge is -2.19. The maximum Gasteiger partial charge on any atom is 0.251 e. The van der Waals surface area contributed by atoms with Gasteiger partial charge in [0.15, 0.2) is 0 Å². The smallest absolute Gasteiger partial charge is 0.251 e. The number of halogens is 1. The molecule has 0 unspecified atom stereocenters. The van der Waals surface area contributed by atoms with Gasteiger partial charge >= 0.3 is 0 Å². The summed E-state index contributed by atoms with van der Waals surface area (Å²) in [5.41, 5.74) is 2.45. The molecular formula is C20H23BrN2O2. The Hall–Kier alpha value is -2.14. The first-order valence-electron chi connectivity index (χ1n) is 8.20. The van der Waals surface area contributed by atoms with Gasteiger partial charge in [-0.25, -0.2) is 0 Å². The summed E-state index contributed by atoms with van der Waals surface area (Å²) in [7, 11) is 0. The lowest BCUT2D eigenvalue weighted by atomic mass is 9.87. The molecule has 0 fully saturated rings. The van der Waals surface area contributed by atoms with E-state index in [2.05, 4.69) is 47.3 Å². The highest BCUT2D eigenvalue weighted by Gasteiger charge is 2.14. The van der Waals surface area contributed by atoms with Gasteiger partial charge in [0.25, 0.3) is 11.8 Å². The zero-order chi connectivity index (χ0) is 18.4. The Balaban J connectivity index is 1.79. The summed E-state index contributed by atoms with van der Waals surface area (Å²) >= 11 is 3.34. The van der Waals surface area contributed by atoms with Gasteiger partial charge in [-0.3, -0.25) is 9.59 Å². The Bertz CT molecular complexity index is 749. The molecule has 2 rings (SSSR count). The molecule has 0 bridgehead atoms. The highest BCUT2D eigenvalue weighted by Crippen LogP contribution is 2.22. The van der Waals surface area contributed by atoms with Gasteiger partial charge in [0.1, 0.15) is 0 Å². The van der Waals surface area contributed by atoms with Gasteiger partial charge in [0.05, 0.1) is 0 Å². The maximum atomic E-state index is 12.1. The van der Waals surface area contributed by atoms with Crippen LogP contribution in [0.2, 0.25) is 0 Å². The molecule has 2 aromatic rings. The van der Waals surface area contributed by atoms with Crippen molar-refractivity contribution in [1.82, 2.24) is 10.6 Å². The van der Waals surface area contributed by atoms with Crippen LogP contribution in [0, 0.1) is 0 Å². The van der Waals surface area contributed by atoms with Gasteiger partial charge in [-0.1, -0.05) is 54.9 Å². The van der Waals surface area contributed by atoms with Gasteiger partial charge in [-0.15, -0.1) is 0 Å². The zero-order valence-corrected chi connectivity index (χ0v) is 16.3. The lowest BCUT2D eigenvalue weighted by Crippen LogP contribution is -2.34. The molecule has 0 saturated carbocycles. The summed E-state index contributed by atoms with van der Waals surface area (Å²) in [5, 5.41) is 5.60. The van der Waals surface area contributed by atoms with Crippen LogP contribution >= 0.6 is 15.9 Å². The Morgan fingerprint density at radius 2 is 1.44 bits per heavy atom. The molecule has 0 aliphatic carbocycles. The van der Waals surface area contributed by atoms with Crippen LogP contribution in [0.15, 0.2) is 53.0 Å². The summed E-state index contributed by atoms with van der Waals surface area (Å²) in [6.07, 6.45) is 0. The molecule has 0 saturated heterocycles. The van der Waals surface area contributed by atoms with E-state index in [1.165, 1.54) is 5.56 Å². The number of nitrogens with one attached hydrogen (secondary N) is 2. The Morgan fingerprint density at radius 3 is 1.96 bits per heavy atom. The van der Waals surface area contributed by atoms with E-state index < -0.39 is 0 Å². The fourth-order valence-electron chi connectivity index (χ4n) is 2.31. The summed E-state index contributed by atoms with van der Waals surface area (Å²) in [5.74, 6) is -0.303. The molecule has 0 heterocycles. The molecule has 132 valence electrons. The van der Waals surface area contributed by atoms with Gasteiger partial charge in [0.2, 0.25) is 0 Å². The van der Waals surface area contributed by atoms with Crippen molar-refractivity contribution in [3.63, 3.8) is 0 Å². The van der Waals surface area contributed by atoms with E-state index in [9.17, 15) is 9.59 Å². The van der Waals surface area contributed by atoms with Gasteiger partial charge in [0, 0.05) is 28.7 Å². The number of hydrogen-bond donors (Lipinski definition) is 2. The van der Waals surface area contributed by atoms with Crippen LogP contribution in [0.4, 0.5) is 0 Å². The second-order valence-corrected chi connectivity index (χ2v) is 7.77. The summed E-state index contributed by atoms with van der Waals surface area (Å²) in [6.45, 7) is 7.15. The normalized spacial score (nSPS) is 11.0. The predicted octanol–water partition coefficient (Wildman–Crippen LogP) is 3.91. The molecule has 0 aliphatic heterocycles. The highest BCUT2D eigenvalue weighted by molar-refractivity contribution is 9.10. The number of amides is 2. The molecule has 0 spiro atoms. The Morgan fingerprint density at radius 1 is 0.880 bits per heavy atom. The second-order valence-electron chi connectivity index (χ2n) is 6.85. The van der Waals surface area contributed by atoms with Crippen LogP contribution in [-0.4, -0.2) is 24.9 Å². The van der Waals surface area contributed by atoms with Crippen molar-refractivity contribution in [1.29, 1.82) is 0 Å². The van der Waals surface area contributed by atoms with E-state index in [0.29, 0.717) is 24.2 Å². The number of hydrogen-bond acceptors (Lipinski definition) is 2. The third-order valence-electron chi connectivity index (χ3n) is 3.80. The van der Waals surface area contributed by atoms with E-state index in [1.807, 2.05) is 36.4 Å². The fraction of sp³-hybridized carbons (Fsp3) is 0.300. The predicted molar refractivity (Wildman–Crippen MR) is 104 cm³/mol. The topological polar surface area (TPSA) is 58.2 Å². The van der Waals surface area contributed by atoms with Crippen LogP contribution in [0.5, 0.6) is 0 Å². The molecule has 0 radical (unpaired) electrons. The molecule has 2 amide bonds. The number of carbonyl (C=O) groups is 2. The molecule has 4 nitrogen and oxygen atoms in total. The van der Waals surface area contributed by atoms with E-state index in [-0.39, 0.29) is 17.2 Å². The minimum absolute atomic E-state index is 0.0612. The highest BCUT2D eigenvalue weighted by atomic mass is 79.9. The second kappa shape index (κ2) is 8.30.